The van der Waals surface area contributed by atoms with Gasteiger partial charge in [-0.05, 0) is 62.3 Å². The van der Waals surface area contributed by atoms with Gasteiger partial charge < -0.3 is 15.3 Å². The Bertz CT molecular complexity index is 787. The third kappa shape index (κ3) is 6.61. The number of allylic oxidation sites excluding steroid dienone is 2. The summed E-state index contributed by atoms with van der Waals surface area (Å²) in [5.74, 6) is 0.0606. The van der Waals surface area contributed by atoms with Crippen LogP contribution in [0.4, 0.5) is 0 Å². The fourth-order valence-electron chi connectivity index (χ4n) is 3.13. The molecule has 0 bridgehead atoms. The van der Waals surface area contributed by atoms with Gasteiger partial charge in [-0.2, -0.15) is 0 Å². The van der Waals surface area contributed by atoms with Gasteiger partial charge in [0.05, 0.1) is 6.10 Å². The van der Waals surface area contributed by atoms with Crippen molar-refractivity contribution in [3.05, 3.63) is 83.0 Å². The molecular weight excluding hydrogens is 336 g/mol. The SMILES string of the molecule is C=C(CCC=C(C)C)[C@H](O)Cc1c(O)cc(O)cc1CCc1ccccc1. The Morgan fingerprint density at radius 1 is 1.07 bits per heavy atom. The smallest absolute Gasteiger partial charge is 0.122 e. The molecule has 0 saturated heterocycles. The van der Waals surface area contributed by atoms with Crippen LogP contribution in [0.1, 0.15) is 43.4 Å². The van der Waals surface area contributed by atoms with Crippen LogP contribution >= 0.6 is 0 Å². The molecule has 2 aromatic rings. The quantitative estimate of drug-likeness (QED) is 0.542. The van der Waals surface area contributed by atoms with E-state index in [1.165, 1.54) is 17.2 Å². The zero-order valence-electron chi connectivity index (χ0n) is 16.3. The first kappa shape index (κ1) is 20.8. The number of rotatable bonds is 9. The lowest BCUT2D eigenvalue weighted by Gasteiger charge is -2.18. The van der Waals surface area contributed by atoms with Crippen molar-refractivity contribution in [2.45, 2.75) is 52.1 Å². The van der Waals surface area contributed by atoms with Crippen LogP contribution in [0.3, 0.4) is 0 Å². The number of aliphatic hydroxyl groups excluding tert-OH is 1. The Balaban J connectivity index is 2.10. The predicted molar refractivity (Wildman–Crippen MR) is 111 cm³/mol. The zero-order chi connectivity index (χ0) is 19.8. The second-order valence-corrected chi connectivity index (χ2v) is 7.29. The third-order valence-corrected chi connectivity index (χ3v) is 4.72. The van der Waals surface area contributed by atoms with E-state index in [1.54, 1.807) is 6.07 Å². The number of phenols is 2. The van der Waals surface area contributed by atoms with Gasteiger partial charge in [-0.1, -0.05) is 48.6 Å². The summed E-state index contributed by atoms with van der Waals surface area (Å²) in [5, 5.41) is 30.8. The van der Waals surface area contributed by atoms with Crippen molar-refractivity contribution < 1.29 is 15.3 Å². The van der Waals surface area contributed by atoms with E-state index in [1.807, 2.05) is 32.0 Å². The largest absolute Gasteiger partial charge is 0.508 e. The molecule has 3 nitrogen and oxygen atoms in total. The third-order valence-electron chi connectivity index (χ3n) is 4.72. The van der Waals surface area contributed by atoms with E-state index in [2.05, 4.69) is 24.8 Å². The minimum Gasteiger partial charge on any atom is -0.508 e. The summed E-state index contributed by atoms with van der Waals surface area (Å²) in [7, 11) is 0. The van der Waals surface area contributed by atoms with Gasteiger partial charge in [0.15, 0.2) is 0 Å². The van der Waals surface area contributed by atoms with E-state index in [4.69, 9.17) is 0 Å². The summed E-state index contributed by atoms with van der Waals surface area (Å²) in [6.07, 6.45) is 4.74. The van der Waals surface area contributed by atoms with E-state index in [0.717, 1.165) is 24.0 Å². The normalized spacial score (nSPS) is 11.8. The molecule has 0 heterocycles. The Hall–Kier alpha value is -2.52. The molecule has 0 unspecified atom stereocenters. The highest BCUT2D eigenvalue weighted by Crippen LogP contribution is 2.30. The molecule has 0 spiro atoms. The van der Waals surface area contributed by atoms with E-state index < -0.39 is 6.10 Å². The average molecular weight is 367 g/mol. The minimum absolute atomic E-state index is 0.0224. The van der Waals surface area contributed by atoms with Crippen LogP contribution in [0.2, 0.25) is 0 Å². The summed E-state index contributed by atoms with van der Waals surface area (Å²) in [4.78, 5) is 0. The molecule has 3 heteroatoms. The zero-order valence-corrected chi connectivity index (χ0v) is 16.3. The highest BCUT2D eigenvalue weighted by Gasteiger charge is 2.17. The van der Waals surface area contributed by atoms with E-state index in [0.29, 0.717) is 24.8 Å². The molecule has 0 aromatic heterocycles. The van der Waals surface area contributed by atoms with Crippen LogP contribution in [0.15, 0.2) is 66.3 Å². The van der Waals surface area contributed by atoms with Crippen molar-refractivity contribution in [2.75, 3.05) is 0 Å². The molecular formula is C24H30O3. The maximum Gasteiger partial charge on any atom is 0.122 e. The Labute approximate surface area is 162 Å². The summed E-state index contributed by atoms with van der Waals surface area (Å²) in [6.45, 7) is 8.10. The first-order valence-corrected chi connectivity index (χ1v) is 9.43. The molecule has 27 heavy (non-hydrogen) atoms. The molecule has 0 fully saturated rings. The van der Waals surface area contributed by atoms with Gasteiger partial charge >= 0.3 is 0 Å². The highest BCUT2D eigenvalue weighted by atomic mass is 16.3. The molecule has 144 valence electrons. The van der Waals surface area contributed by atoms with Gasteiger partial charge in [-0.25, -0.2) is 0 Å². The summed E-state index contributed by atoms with van der Waals surface area (Å²) in [6, 6.07) is 13.1. The number of benzene rings is 2. The predicted octanol–water partition coefficient (Wildman–Crippen LogP) is 5.09. The molecule has 0 saturated carbocycles. The van der Waals surface area contributed by atoms with E-state index in [-0.39, 0.29) is 11.5 Å². The van der Waals surface area contributed by atoms with Crippen molar-refractivity contribution in [3.8, 4) is 11.5 Å². The molecule has 0 aliphatic rings. The van der Waals surface area contributed by atoms with Crippen molar-refractivity contribution in [1.29, 1.82) is 0 Å². The lowest BCUT2D eigenvalue weighted by Crippen LogP contribution is -2.15. The number of phenolic OH excluding ortho intramolecular Hbond substituents is 2. The monoisotopic (exact) mass is 366 g/mol. The lowest BCUT2D eigenvalue weighted by molar-refractivity contribution is 0.206. The number of aryl methyl sites for hydroxylation is 2. The molecule has 2 aromatic carbocycles. The van der Waals surface area contributed by atoms with Gasteiger partial charge in [0, 0.05) is 18.1 Å². The first-order chi connectivity index (χ1) is 12.9. The van der Waals surface area contributed by atoms with Crippen molar-refractivity contribution in [2.24, 2.45) is 0 Å². The van der Waals surface area contributed by atoms with Crippen LogP contribution in [-0.2, 0) is 19.3 Å². The number of aromatic hydroxyl groups is 2. The van der Waals surface area contributed by atoms with Crippen LogP contribution < -0.4 is 0 Å². The Kier molecular flexibility index (Phi) is 7.68. The average Bonchev–Trinajstić information content (AvgIpc) is 2.62. The fourth-order valence-corrected chi connectivity index (χ4v) is 3.13. The fraction of sp³-hybridized carbons (Fsp3) is 0.333. The number of aliphatic hydroxyl groups is 1. The summed E-state index contributed by atoms with van der Waals surface area (Å²) in [5.41, 5.74) is 4.73. The van der Waals surface area contributed by atoms with Crippen LogP contribution in [-0.4, -0.2) is 21.4 Å². The van der Waals surface area contributed by atoms with Crippen molar-refractivity contribution >= 4 is 0 Å². The Morgan fingerprint density at radius 2 is 1.78 bits per heavy atom. The van der Waals surface area contributed by atoms with Crippen molar-refractivity contribution in [1.82, 2.24) is 0 Å². The first-order valence-electron chi connectivity index (χ1n) is 9.43. The molecule has 0 radical (unpaired) electrons. The summed E-state index contributed by atoms with van der Waals surface area (Å²) < 4.78 is 0. The van der Waals surface area contributed by atoms with Gasteiger partial charge in [0.2, 0.25) is 0 Å². The maximum absolute atomic E-state index is 10.5. The second-order valence-electron chi connectivity index (χ2n) is 7.29. The molecule has 3 N–H and O–H groups in total. The molecule has 1 atom stereocenters. The second kappa shape index (κ2) is 9.98. The van der Waals surface area contributed by atoms with Crippen LogP contribution in [0, 0.1) is 0 Å². The molecule has 2 rings (SSSR count). The van der Waals surface area contributed by atoms with Gasteiger partial charge in [-0.15, -0.1) is 0 Å². The van der Waals surface area contributed by atoms with Gasteiger partial charge in [-0.3, -0.25) is 0 Å². The highest BCUT2D eigenvalue weighted by molar-refractivity contribution is 5.46. The van der Waals surface area contributed by atoms with Gasteiger partial charge in [0.1, 0.15) is 11.5 Å². The molecule has 0 amide bonds. The summed E-state index contributed by atoms with van der Waals surface area (Å²) >= 11 is 0. The number of hydrogen-bond donors (Lipinski definition) is 3. The minimum atomic E-state index is -0.721. The molecule has 0 aliphatic heterocycles. The van der Waals surface area contributed by atoms with Crippen molar-refractivity contribution in [3.63, 3.8) is 0 Å². The van der Waals surface area contributed by atoms with Crippen LogP contribution in [0.5, 0.6) is 11.5 Å². The maximum atomic E-state index is 10.5. The van der Waals surface area contributed by atoms with Crippen LogP contribution in [0.25, 0.3) is 0 Å². The van der Waals surface area contributed by atoms with E-state index in [9.17, 15) is 15.3 Å². The Morgan fingerprint density at radius 3 is 2.44 bits per heavy atom. The topological polar surface area (TPSA) is 60.7 Å². The lowest BCUT2D eigenvalue weighted by atomic mass is 9.92. The molecule has 0 aliphatic carbocycles. The van der Waals surface area contributed by atoms with E-state index >= 15 is 0 Å². The number of hydrogen-bond acceptors (Lipinski definition) is 3. The standard InChI is InChI=1S/C24H30O3/c1-17(2)8-7-9-18(3)23(26)16-22-20(14-21(25)15-24(22)27)13-12-19-10-5-4-6-11-19/h4-6,8,10-11,14-15,23,25-27H,3,7,9,12-13,16H2,1-2H3/t23-/m1/s1. The van der Waals surface area contributed by atoms with Gasteiger partial charge in [0.25, 0.3) is 0 Å².